The minimum absolute atomic E-state index is 0.154. The monoisotopic (exact) mass is 326 g/mol. The van der Waals surface area contributed by atoms with Crippen molar-refractivity contribution < 1.29 is 19.4 Å². The lowest BCUT2D eigenvalue weighted by molar-refractivity contribution is -0.142. The zero-order valence-corrected chi connectivity index (χ0v) is 13.3. The minimum atomic E-state index is -0.849. The molecule has 6 heteroatoms. The number of pyridine rings is 1. The predicted octanol–water partition coefficient (Wildman–Crippen LogP) is 2.81. The van der Waals surface area contributed by atoms with E-state index in [1.54, 1.807) is 60.6 Å². The van der Waals surface area contributed by atoms with Crippen LogP contribution in [0.5, 0.6) is 11.5 Å². The van der Waals surface area contributed by atoms with Crippen LogP contribution in [0.4, 0.5) is 0 Å². The van der Waals surface area contributed by atoms with Crippen LogP contribution in [0.1, 0.15) is 23.7 Å². The summed E-state index contributed by atoms with van der Waals surface area (Å²) in [6.07, 6.45) is 3.76. The topological polar surface area (TPSA) is 79.7 Å². The van der Waals surface area contributed by atoms with E-state index >= 15 is 0 Å². The summed E-state index contributed by atoms with van der Waals surface area (Å²) in [7, 11) is 0. The fraction of sp³-hybridized carbons (Fsp3) is 0.278. The summed E-state index contributed by atoms with van der Waals surface area (Å²) in [6.45, 7) is 2.24. The molecular weight excluding hydrogens is 308 g/mol. The van der Waals surface area contributed by atoms with Gasteiger partial charge in [-0.15, -0.1) is 0 Å². The van der Waals surface area contributed by atoms with Gasteiger partial charge in [0.1, 0.15) is 11.5 Å². The molecule has 0 bridgehead atoms. The maximum atomic E-state index is 12.6. The third-order valence-corrected chi connectivity index (χ3v) is 4.30. The van der Waals surface area contributed by atoms with E-state index in [2.05, 4.69) is 4.98 Å². The number of nitrogens with zero attached hydrogens (tertiary/aromatic N) is 2. The second kappa shape index (κ2) is 6.70. The summed E-state index contributed by atoms with van der Waals surface area (Å²) >= 11 is 0. The van der Waals surface area contributed by atoms with Gasteiger partial charge in [0, 0.05) is 24.3 Å². The number of aromatic nitrogens is 1. The molecule has 124 valence electrons. The standard InChI is InChI=1S/C18H18N2O4/c1-12-16(18(22)23)8-10-20(12)17(21)13-4-6-14(7-5-13)24-15-3-2-9-19-11-15/h2-7,9,11-12,16H,8,10H2,1H3,(H,22,23). The van der Waals surface area contributed by atoms with Crippen LogP contribution in [0.25, 0.3) is 0 Å². The van der Waals surface area contributed by atoms with Crippen molar-refractivity contribution in [3.63, 3.8) is 0 Å². The zero-order valence-electron chi connectivity index (χ0n) is 13.3. The first-order chi connectivity index (χ1) is 11.6. The van der Waals surface area contributed by atoms with Crippen molar-refractivity contribution in [1.29, 1.82) is 0 Å². The molecule has 0 saturated carbocycles. The van der Waals surface area contributed by atoms with Crippen LogP contribution in [-0.2, 0) is 4.79 Å². The second-order valence-corrected chi connectivity index (χ2v) is 5.79. The molecule has 1 saturated heterocycles. The average molecular weight is 326 g/mol. The molecule has 1 aliphatic rings. The smallest absolute Gasteiger partial charge is 0.308 e. The Balaban J connectivity index is 1.69. The Morgan fingerprint density at radius 1 is 1.21 bits per heavy atom. The van der Waals surface area contributed by atoms with Crippen LogP contribution in [-0.4, -0.2) is 39.5 Å². The molecule has 0 aliphatic carbocycles. The highest BCUT2D eigenvalue weighted by Crippen LogP contribution is 2.27. The molecule has 2 aromatic rings. The molecule has 6 nitrogen and oxygen atoms in total. The Bertz CT molecular complexity index is 730. The average Bonchev–Trinajstić information content (AvgIpc) is 2.97. The molecule has 1 aromatic heterocycles. The van der Waals surface area contributed by atoms with Gasteiger partial charge in [-0.2, -0.15) is 0 Å². The quantitative estimate of drug-likeness (QED) is 0.934. The van der Waals surface area contributed by atoms with Gasteiger partial charge in [-0.25, -0.2) is 0 Å². The minimum Gasteiger partial charge on any atom is -0.481 e. The number of ether oxygens (including phenoxy) is 1. The van der Waals surface area contributed by atoms with Gasteiger partial charge in [-0.3, -0.25) is 14.6 Å². The summed E-state index contributed by atoms with van der Waals surface area (Å²) in [4.78, 5) is 29.3. The lowest BCUT2D eigenvalue weighted by Crippen LogP contribution is -2.37. The predicted molar refractivity (Wildman–Crippen MR) is 87.0 cm³/mol. The van der Waals surface area contributed by atoms with Crippen molar-refractivity contribution in [2.24, 2.45) is 5.92 Å². The van der Waals surface area contributed by atoms with Crippen LogP contribution in [0, 0.1) is 5.92 Å². The van der Waals surface area contributed by atoms with E-state index in [0.29, 0.717) is 30.0 Å². The third-order valence-electron chi connectivity index (χ3n) is 4.30. The number of aliphatic carboxylic acids is 1. The molecule has 3 rings (SSSR count). The zero-order chi connectivity index (χ0) is 17.1. The van der Waals surface area contributed by atoms with Gasteiger partial charge in [0.15, 0.2) is 0 Å². The van der Waals surface area contributed by atoms with E-state index in [1.807, 2.05) is 0 Å². The van der Waals surface area contributed by atoms with E-state index in [4.69, 9.17) is 4.74 Å². The first kappa shape index (κ1) is 16.0. The summed E-state index contributed by atoms with van der Waals surface area (Å²) in [5.41, 5.74) is 0.520. The Hall–Kier alpha value is -2.89. The van der Waals surface area contributed by atoms with Crippen LogP contribution in [0.15, 0.2) is 48.8 Å². The second-order valence-electron chi connectivity index (χ2n) is 5.79. The highest BCUT2D eigenvalue weighted by molar-refractivity contribution is 5.95. The highest BCUT2D eigenvalue weighted by atomic mass is 16.5. The molecule has 0 spiro atoms. The Labute approximate surface area is 139 Å². The van der Waals surface area contributed by atoms with Gasteiger partial charge in [0.05, 0.1) is 12.1 Å². The third kappa shape index (κ3) is 3.22. The van der Waals surface area contributed by atoms with Crippen molar-refractivity contribution in [2.45, 2.75) is 19.4 Å². The maximum Gasteiger partial charge on any atom is 0.308 e. The van der Waals surface area contributed by atoms with Gasteiger partial charge >= 0.3 is 5.97 Å². The van der Waals surface area contributed by atoms with Crippen molar-refractivity contribution in [3.8, 4) is 11.5 Å². The van der Waals surface area contributed by atoms with Gasteiger partial charge < -0.3 is 14.7 Å². The van der Waals surface area contributed by atoms with Gasteiger partial charge in [0.25, 0.3) is 5.91 Å². The summed E-state index contributed by atoms with van der Waals surface area (Å²) in [5.74, 6) is -0.272. The molecule has 1 N–H and O–H groups in total. The number of carboxylic acids is 1. The molecule has 2 atom stereocenters. The number of carbonyl (C=O) groups is 2. The van der Waals surface area contributed by atoms with Crippen LogP contribution < -0.4 is 4.74 Å². The Morgan fingerprint density at radius 3 is 2.54 bits per heavy atom. The molecule has 2 heterocycles. The van der Waals surface area contributed by atoms with Gasteiger partial charge in [0.2, 0.25) is 0 Å². The van der Waals surface area contributed by atoms with E-state index in [9.17, 15) is 14.7 Å². The van der Waals surface area contributed by atoms with Crippen LogP contribution >= 0.6 is 0 Å². The van der Waals surface area contributed by atoms with Crippen LogP contribution in [0.2, 0.25) is 0 Å². The number of benzene rings is 1. The summed E-state index contributed by atoms with van der Waals surface area (Å²) in [6, 6.07) is 10.1. The summed E-state index contributed by atoms with van der Waals surface area (Å²) in [5, 5.41) is 9.17. The van der Waals surface area contributed by atoms with Crippen LogP contribution in [0.3, 0.4) is 0 Å². The molecular formula is C18H18N2O4. The lowest BCUT2D eigenvalue weighted by atomic mass is 10.0. The summed E-state index contributed by atoms with van der Waals surface area (Å²) < 4.78 is 5.64. The first-order valence-electron chi connectivity index (χ1n) is 7.78. The van der Waals surface area contributed by atoms with Crippen molar-refractivity contribution in [3.05, 3.63) is 54.4 Å². The Kier molecular flexibility index (Phi) is 4.46. The highest BCUT2D eigenvalue weighted by Gasteiger charge is 2.38. The fourth-order valence-electron chi connectivity index (χ4n) is 2.93. The molecule has 1 aromatic carbocycles. The fourth-order valence-corrected chi connectivity index (χ4v) is 2.93. The molecule has 2 unspecified atom stereocenters. The molecule has 1 amide bonds. The van der Waals surface area contributed by atoms with E-state index in [-0.39, 0.29) is 11.9 Å². The number of hydrogen-bond acceptors (Lipinski definition) is 4. The van der Waals surface area contributed by atoms with Crippen molar-refractivity contribution >= 4 is 11.9 Å². The number of likely N-dealkylation sites (tertiary alicyclic amines) is 1. The number of amides is 1. The Morgan fingerprint density at radius 2 is 1.96 bits per heavy atom. The van der Waals surface area contributed by atoms with E-state index in [0.717, 1.165) is 0 Å². The lowest BCUT2D eigenvalue weighted by Gasteiger charge is -2.23. The normalized spacial score (nSPS) is 20.0. The van der Waals surface area contributed by atoms with Crippen molar-refractivity contribution in [1.82, 2.24) is 9.88 Å². The van der Waals surface area contributed by atoms with E-state index in [1.165, 1.54) is 0 Å². The number of rotatable bonds is 4. The molecule has 24 heavy (non-hydrogen) atoms. The molecule has 1 fully saturated rings. The largest absolute Gasteiger partial charge is 0.481 e. The number of carbonyl (C=O) groups excluding carboxylic acids is 1. The SMILES string of the molecule is CC1C(C(=O)O)CCN1C(=O)c1ccc(Oc2cccnc2)cc1. The maximum absolute atomic E-state index is 12.6. The molecule has 1 aliphatic heterocycles. The number of hydrogen-bond donors (Lipinski definition) is 1. The first-order valence-corrected chi connectivity index (χ1v) is 7.78. The van der Waals surface area contributed by atoms with Crippen molar-refractivity contribution in [2.75, 3.05) is 6.54 Å². The molecule has 0 radical (unpaired) electrons. The number of carboxylic acid groups (broad SMARTS) is 1. The van der Waals surface area contributed by atoms with E-state index < -0.39 is 11.9 Å². The van der Waals surface area contributed by atoms with Gasteiger partial charge in [-0.05, 0) is 49.7 Å². The van der Waals surface area contributed by atoms with Gasteiger partial charge in [-0.1, -0.05) is 0 Å².